The van der Waals surface area contributed by atoms with Crippen molar-refractivity contribution >= 4 is 17.9 Å². The van der Waals surface area contributed by atoms with Crippen LogP contribution in [0.15, 0.2) is 36.4 Å². The monoisotopic (exact) mass is 229 g/mol. The summed E-state index contributed by atoms with van der Waals surface area (Å²) in [5.74, 6) is 0.0412. The van der Waals surface area contributed by atoms with E-state index in [1.807, 2.05) is 30.3 Å². The number of amides is 1. The van der Waals surface area contributed by atoms with Gasteiger partial charge in [-0.25, -0.2) is 4.68 Å². The van der Waals surface area contributed by atoms with E-state index in [9.17, 15) is 4.79 Å². The van der Waals surface area contributed by atoms with Crippen molar-refractivity contribution < 1.29 is 4.79 Å². The molecule has 0 aliphatic heterocycles. The maximum Gasteiger partial charge on any atom is 0.250 e. The minimum absolute atomic E-state index is 0.272. The number of aromatic nitrogens is 4. The first kappa shape index (κ1) is 11.0. The van der Waals surface area contributed by atoms with Crippen LogP contribution in [-0.2, 0) is 11.8 Å². The summed E-state index contributed by atoms with van der Waals surface area (Å²) >= 11 is 0. The number of anilines is 1. The highest BCUT2D eigenvalue weighted by Gasteiger charge is 2.03. The lowest BCUT2D eigenvalue weighted by molar-refractivity contribution is -0.111. The Bertz CT molecular complexity index is 532. The number of nitrogens with one attached hydrogen (secondary N) is 1. The molecule has 0 saturated carbocycles. The standard InChI is InChI=1S/C11H11N5O/c1-16-11(13-14-15-16)12-10(17)8-7-9-5-3-2-4-6-9/h2-8H,1H3,(H,12,13,15,17). The van der Waals surface area contributed by atoms with Gasteiger partial charge in [0.05, 0.1) is 0 Å². The molecular weight excluding hydrogens is 218 g/mol. The van der Waals surface area contributed by atoms with Gasteiger partial charge in [-0.05, 0) is 22.1 Å². The van der Waals surface area contributed by atoms with Gasteiger partial charge >= 0.3 is 0 Å². The van der Waals surface area contributed by atoms with Gasteiger partial charge in [0.2, 0.25) is 5.95 Å². The van der Waals surface area contributed by atoms with Crippen molar-refractivity contribution in [1.29, 1.82) is 0 Å². The molecule has 6 heteroatoms. The van der Waals surface area contributed by atoms with Gasteiger partial charge in [-0.2, -0.15) is 0 Å². The highest BCUT2D eigenvalue weighted by atomic mass is 16.1. The Hall–Kier alpha value is -2.50. The van der Waals surface area contributed by atoms with Crippen molar-refractivity contribution in [2.75, 3.05) is 5.32 Å². The first-order valence-corrected chi connectivity index (χ1v) is 5.02. The molecule has 1 heterocycles. The number of carbonyl (C=O) groups excluding carboxylic acids is 1. The molecule has 6 nitrogen and oxygen atoms in total. The number of nitrogens with zero attached hydrogens (tertiary/aromatic N) is 4. The Morgan fingerprint density at radius 3 is 2.76 bits per heavy atom. The van der Waals surface area contributed by atoms with Gasteiger partial charge in [-0.1, -0.05) is 35.4 Å². The molecule has 1 aromatic carbocycles. The first-order valence-electron chi connectivity index (χ1n) is 5.02. The maximum absolute atomic E-state index is 11.5. The van der Waals surface area contributed by atoms with Crippen LogP contribution in [0.1, 0.15) is 5.56 Å². The third kappa shape index (κ3) is 2.97. The second-order valence-corrected chi connectivity index (χ2v) is 3.36. The van der Waals surface area contributed by atoms with E-state index in [0.29, 0.717) is 5.95 Å². The molecule has 0 unspecified atom stereocenters. The molecule has 17 heavy (non-hydrogen) atoms. The van der Waals surface area contributed by atoms with E-state index in [0.717, 1.165) is 5.56 Å². The largest absolute Gasteiger partial charge is 0.290 e. The predicted octanol–water partition coefficient (Wildman–Crippen LogP) is 0.862. The SMILES string of the molecule is Cn1nnnc1NC(=O)C=Cc1ccccc1. The third-order valence-electron chi connectivity index (χ3n) is 2.08. The molecule has 0 atom stereocenters. The van der Waals surface area contributed by atoms with Crippen LogP contribution in [0.3, 0.4) is 0 Å². The quantitative estimate of drug-likeness (QED) is 0.792. The van der Waals surface area contributed by atoms with Crippen LogP contribution < -0.4 is 5.32 Å². The zero-order chi connectivity index (χ0) is 12.1. The minimum Gasteiger partial charge on any atom is -0.290 e. The molecule has 0 aliphatic rings. The number of hydrogen-bond acceptors (Lipinski definition) is 4. The summed E-state index contributed by atoms with van der Waals surface area (Å²) in [6.45, 7) is 0. The normalized spacial score (nSPS) is 10.6. The van der Waals surface area contributed by atoms with E-state index in [1.165, 1.54) is 10.8 Å². The Morgan fingerprint density at radius 1 is 1.35 bits per heavy atom. The summed E-state index contributed by atoms with van der Waals surface area (Å²) in [5.41, 5.74) is 0.957. The van der Waals surface area contributed by atoms with Crippen LogP contribution in [0.4, 0.5) is 5.95 Å². The number of aryl methyl sites for hydroxylation is 1. The molecule has 0 fully saturated rings. The van der Waals surface area contributed by atoms with Crippen LogP contribution in [-0.4, -0.2) is 26.1 Å². The van der Waals surface area contributed by atoms with Crippen LogP contribution >= 0.6 is 0 Å². The molecule has 86 valence electrons. The Balaban J connectivity index is 1.99. The fraction of sp³-hybridized carbons (Fsp3) is 0.0909. The zero-order valence-corrected chi connectivity index (χ0v) is 9.24. The third-order valence-corrected chi connectivity index (χ3v) is 2.08. The molecule has 2 rings (SSSR count). The van der Waals surface area contributed by atoms with Crippen molar-refractivity contribution in [3.63, 3.8) is 0 Å². The number of carbonyl (C=O) groups is 1. The van der Waals surface area contributed by atoms with E-state index < -0.39 is 0 Å². The van der Waals surface area contributed by atoms with E-state index in [-0.39, 0.29) is 5.91 Å². The lowest BCUT2D eigenvalue weighted by Gasteiger charge is -1.97. The van der Waals surface area contributed by atoms with E-state index in [1.54, 1.807) is 13.1 Å². The highest BCUT2D eigenvalue weighted by Crippen LogP contribution is 2.02. The van der Waals surface area contributed by atoms with Gasteiger partial charge in [0.1, 0.15) is 0 Å². The Labute approximate surface area is 98.0 Å². The molecule has 1 aromatic heterocycles. The van der Waals surface area contributed by atoms with Crippen molar-refractivity contribution in [1.82, 2.24) is 20.2 Å². The van der Waals surface area contributed by atoms with Gasteiger partial charge in [-0.15, -0.1) is 0 Å². The van der Waals surface area contributed by atoms with Gasteiger partial charge < -0.3 is 0 Å². The van der Waals surface area contributed by atoms with Crippen LogP contribution in [0, 0.1) is 0 Å². The van der Waals surface area contributed by atoms with Gasteiger partial charge in [-0.3, -0.25) is 10.1 Å². The molecule has 0 radical (unpaired) electrons. The molecule has 1 N–H and O–H groups in total. The second kappa shape index (κ2) is 5.02. The fourth-order valence-corrected chi connectivity index (χ4v) is 1.22. The fourth-order valence-electron chi connectivity index (χ4n) is 1.22. The Morgan fingerprint density at radius 2 is 2.12 bits per heavy atom. The highest BCUT2D eigenvalue weighted by molar-refractivity contribution is 6.00. The summed E-state index contributed by atoms with van der Waals surface area (Å²) in [7, 11) is 1.65. The van der Waals surface area contributed by atoms with Crippen LogP contribution in [0.2, 0.25) is 0 Å². The molecule has 0 bridgehead atoms. The summed E-state index contributed by atoms with van der Waals surface area (Å²) in [6, 6.07) is 9.55. The van der Waals surface area contributed by atoms with Gasteiger partial charge in [0.25, 0.3) is 5.91 Å². The summed E-state index contributed by atoms with van der Waals surface area (Å²) < 4.78 is 1.38. The maximum atomic E-state index is 11.5. The summed E-state index contributed by atoms with van der Waals surface area (Å²) in [6.07, 6.45) is 3.16. The average Bonchev–Trinajstić information content (AvgIpc) is 2.74. The van der Waals surface area contributed by atoms with Crippen molar-refractivity contribution in [2.24, 2.45) is 7.05 Å². The molecule has 0 saturated heterocycles. The van der Waals surface area contributed by atoms with Crippen molar-refractivity contribution in [2.45, 2.75) is 0 Å². The number of rotatable bonds is 3. The lowest BCUT2D eigenvalue weighted by atomic mass is 10.2. The zero-order valence-electron chi connectivity index (χ0n) is 9.24. The van der Waals surface area contributed by atoms with Crippen LogP contribution in [0.25, 0.3) is 6.08 Å². The molecule has 1 amide bonds. The molecule has 0 aliphatic carbocycles. The Kier molecular flexibility index (Phi) is 3.25. The van der Waals surface area contributed by atoms with E-state index >= 15 is 0 Å². The number of tetrazole rings is 1. The molecular formula is C11H11N5O. The van der Waals surface area contributed by atoms with Gasteiger partial charge in [0, 0.05) is 13.1 Å². The van der Waals surface area contributed by atoms with Crippen LogP contribution in [0.5, 0.6) is 0 Å². The number of benzene rings is 1. The topological polar surface area (TPSA) is 72.7 Å². The molecule has 2 aromatic rings. The van der Waals surface area contributed by atoms with Gasteiger partial charge in [0.15, 0.2) is 0 Å². The first-order chi connectivity index (χ1) is 8.25. The predicted molar refractivity (Wildman–Crippen MR) is 62.9 cm³/mol. The molecule has 0 spiro atoms. The summed E-state index contributed by atoms with van der Waals surface area (Å²) in [5, 5.41) is 13.2. The second-order valence-electron chi connectivity index (χ2n) is 3.36. The smallest absolute Gasteiger partial charge is 0.250 e. The van der Waals surface area contributed by atoms with Crippen molar-refractivity contribution in [3.8, 4) is 0 Å². The lowest BCUT2D eigenvalue weighted by Crippen LogP contribution is -2.12. The van der Waals surface area contributed by atoms with E-state index in [4.69, 9.17) is 0 Å². The number of hydrogen-bond donors (Lipinski definition) is 1. The van der Waals surface area contributed by atoms with E-state index in [2.05, 4.69) is 20.8 Å². The van der Waals surface area contributed by atoms with Crippen molar-refractivity contribution in [3.05, 3.63) is 42.0 Å². The average molecular weight is 229 g/mol. The minimum atomic E-state index is -0.272. The summed E-state index contributed by atoms with van der Waals surface area (Å²) in [4.78, 5) is 11.5.